The van der Waals surface area contributed by atoms with Gasteiger partial charge in [0.15, 0.2) is 0 Å². The van der Waals surface area contributed by atoms with Crippen LogP contribution in [0.15, 0.2) is 24.3 Å². The van der Waals surface area contributed by atoms with E-state index in [1.165, 1.54) is 11.1 Å². The summed E-state index contributed by atoms with van der Waals surface area (Å²) in [5.74, 6) is 0.236. The van der Waals surface area contributed by atoms with Gasteiger partial charge >= 0.3 is 6.03 Å². The number of aliphatic hydroxyl groups is 1. The van der Waals surface area contributed by atoms with E-state index in [9.17, 15) is 9.90 Å². The fourth-order valence-corrected chi connectivity index (χ4v) is 4.08. The maximum Gasteiger partial charge on any atom is 0.317 e. The highest BCUT2D eigenvalue weighted by Gasteiger charge is 2.25. The van der Waals surface area contributed by atoms with E-state index in [-0.39, 0.29) is 18.6 Å². The molecule has 1 aromatic rings. The van der Waals surface area contributed by atoms with Crippen LogP contribution in [0.5, 0.6) is 0 Å². The molecule has 2 aliphatic rings. The fourth-order valence-electron chi connectivity index (χ4n) is 4.08. The van der Waals surface area contributed by atoms with E-state index in [4.69, 9.17) is 0 Å². The van der Waals surface area contributed by atoms with Gasteiger partial charge in [-0.25, -0.2) is 4.79 Å². The highest BCUT2D eigenvalue weighted by molar-refractivity contribution is 5.74. The third kappa shape index (κ3) is 4.53. The number of carbonyl (C=O) groups is 1. The minimum atomic E-state index is 0.0222. The summed E-state index contributed by atoms with van der Waals surface area (Å²) in [6.45, 7) is 6.57. The first kappa shape index (κ1) is 18.2. The van der Waals surface area contributed by atoms with Crippen molar-refractivity contribution in [1.82, 2.24) is 15.1 Å². The first-order valence-corrected chi connectivity index (χ1v) is 9.65. The van der Waals surface area contributed by atoms with Crippen molar-refractivity contribution >= 4 is 6.03 Å². The van der Waals surface area contributed by atoms with Gasteiger partial charge in [-0.3, -0.25) is 4.90 Å². The molecule has 2 unspecified atom stereocenters. The zero-order valence-electron chi connectivity index (χ0n) is 15.3. The van der Waals surface area contributed by atoms with Gasteiger partial charge in [0.05, 0.1) is 0 Å². The zero-order chi connectivity index (χ0) is 17.6. The number of urea groups is 1. The summed E-state index contributed by atoms with van der Waals surface area (Å²) in [7, 11) is 0. The van der Waals surface area contributed by atoms with Gasteiger partial charge in [-0.2, -0.15) is 0 Å². The number of nitrogens with zero attached hydrogens (tertiary/aromatic N) is 2. The summed E-state index contributed by atoms with van der Waals surface area (Å²) in [6.07, 6.45) is 4.12. The van der Waals surface area contributed by atoms with Gasteiger partial charge in [0.1, 0.15) is 0 Å². The van der Waals surface area contributed by atoms with Gasteiger partial charge in [-0.05, 0) is 42.7 Å². The second kappa shape index (κ2) is 8.68. The average Bonchev–Trinajstić information content (AvgIpc) is 2.68. The fraction of sp³-hybridized carbons (Fsp3) is 0.650. The lowest BCUT2D eigenvalue weighted by atomic mass is 9.98. The second-order valence-electron chi connectivity index (χ2n) is 7.37. The number of amides is 2. The van der Waals surface area contributed by atoms with E-state index in [0.29, 0.717) is 19.1 Å². The van der Waals surface area contributed by atoms with Crippen LogP contribution in [0.25, 0.3) is 0 Å². The number of likely N-dealkylation sites (tertiary alicyclic amines) is 1. The van der Waals surface area contributed by atoms with Crippen LogP contribution < -0.4 is 5.32 Å². The minimum Gasteiger partial charge on any atom is -0.396 e. The van der Waals surface area contributed by atoms with Crippen molar-refractivity contribution in [2.75, 3.05) is 32.8 Å². The summed E-state index contributed by atoms with van der Waals surface area (Å²) in [4.78, 5) is 16.8. The van der Waals surface area contributed by atoms with Gasteiger partial charge in [0.25, 0.3) is 0 Å². The molecule has 1 saturated heterocycles. The predicted molar refractivity (Wildman–Crippen MR) is 99.4 cm³/mol. The zero-order valence-corrected chi connectivity index (χ0v) is 15.3. The Morgan fingerprint density at radius 1 is 1.32 bits per heavy atom. The van der Waals surface area contributed by atoms with E-state index in [0.717, 1.165) is 45.3 Å². The molecule has 25 heavy (non-hydrogen) atoms. The SMILES string of the molecule is CCC(CNC(=O)N1CCCC(CO)C1)N1CCc2ccccc2C1. The first-order valence-electron chi connectivity index (χ1n) is 9.65. The van der Waals surface area contributed by atoms with Crippen molar-refractivity contribution in [2.45, 2.75) is 45.2 Å². The van der Waals surface area contributed by atoms with Crippen LogP contribution in [-0.2, 0) is 13.0 Å². The quantitative estimate of drug-likeness (QED) is 0.860. The molecule has 1 fully saturated rings. The molecule has 0 bridgehead atoms. The molecule has 0 radical (unpaired) electrons. The lowest BCUT2D eigenvalue weighted by Gasteiger charge is -2.36. The average molecular weight is 345 g/mol. The van der Waals surface area contributed by atoms with Gasteiger partial charge < -0.3 is 15.3 Å². The van der Waals surface area contributed by atoms with Crippen LogP contribution >= 0.6 is 0 Å². The van der Waals surface area contributed by atoms with Crippen LogP contribution in [0, 0.1) is 5.92 Å². The van der Waals surface area contributed by atoms with Crippen molar-refractivity contribution in [3.05, 3.63) is 35.4 Å². The molecule has 2 N–H and O–H groups in total. The number of fused-ring (bicyclic) bond motifs is 1. The lowest BCUT2D eigenvalue weighted by molar-refractivity contribution is 0.125. The van der Waals surface area contributed by atoms with Crippen LogP contribution in [0.2, 0.25) is 0 Å². The Morgan fingerprint density at radius 2 is 2.12 bits per heavy atom. The first-order chi connectivity index (χ1) is 12.2. The molecule has 2 aliphatic heterocycles. The predicted octanol–water partition coefficient (Wildman–Crippen LogP) is 2.24. The number of piperidine rings is 1. The van der Waals surface area contributed by atoms with E-state index in [1.54, 1.807) is 0 Å². The number of hydrogen-bond donors (Lipinski definition) is 2. The molecule has 1 aromatic carbocycles. The maximum atomic E-state index is 12.5. The van der Waals surface area contributed by atoms with Crippen LogP contribution in [0.1, 0.15) is 37.3 Å². The molecular formula is C20H31N3O2. The third-order valence-electron chi connectivity index (χ3n) is 5.70. The topological polar surface area (TPSA) is 55.8 Å². The normalized spacial score (nSPS) is 22.3. The number of rotatable bonds is 5. The van der Waals surface area contributed by atoms with Crippen molar-refractivity contribution in [3.63, 3.8) is 0 Å². The summed E-state index contributed by atoms with van der Waals surface area (Å²) in [5, 5.41) is 12.5. The van der Waals surface area contributed by atoms with Crippen LogP contribution in [0.3, 0.4) is 0 Å². The number of carbonyl (C=O) groups excluding carboxylic acids is 1. The van der Waals surface area contributed by atoms with Crippen molar-refractivity contribution in [3.8, 4) is 0 Å². The Labute approximate surface area is 151 Å². The number of hydrogen-bond acceptors (Lipinski definition) is 3. The van der Waals surface area contributed by atoms with E-state index >= 15 is 0 Å². The second-order valence-corrected chi connectivity index (χ2v) is 7.37. The summed E-state index contributed by atoms with van der Waals surface area (Å²) >= 11 is 0. The van der Waals surface area contributed by atoms with Gasteiger partial charge in [0.2, 0.25) is 0 Å². The Bertz CT molecular complexity index is 578. The van der Waals surface area contributed by atoms with E-state index in [2.05, 4.69) is 41.4 Å². The molecule has 0 aliphatic carbocycles. The molecule has 2 amide bonds. The van der Waals surface area contributed by atoms with E-state index in [1.807, 2.05) is 4.90 Å². The van der Waals surface area contributed by atoms with Gasteiger partial charge in [-0.1, -0.05) is 31.2 Å². The maximum absolute atomic E-state index is 12.5. The Morgan fingerprint density at radius 3 is 2.88 bits per heavy atom. The van der Waals surface area contributed by atoms with Gasteiger partial charge in [0, 0.05) is 45.4 Å². The molecule has 2 heterocycles. The largest absolute Gasteiger partial charge is 0.396 e. The number of nitrogens with one attached hydrogen (secondary N) is 1. The molecule has 5 heteroatoms. The summed E-state index contributed by atoms with van der Waals surface area (Å²) < 4.78 is 0. The highest BCUT2D eigenvalue weighted by atomic mass is 16.3. The summed E-state index contributed by atoms with van der Waals surface area (Å²) in [6, 6.07) is 9.06. The molecular weight excluding hydrogens is 314 g/mol. The number of aliphatic hydroxyl groups excluding tert-OH is 1. The van der Waals surface area contributed by atoms with Crippen molar-refractivity contribution in [2.24, 2.45) is 5.92 Å². The molecule has 0 saturated carbocycles. The molecule has 0 aromatic heterocycles. The monoisotopic (exact) mass is 345 g/mol. The highest BCUT2D eigenvalue weighted by Crippen LogP contribution is 2.21. The third-order valence-corrected chi connectivity index (χ3v) is 5.70. The Hall–Kier alpha value is -1.59. The summed E-state index contributed by atoms with van der Waals surface area (Å²) in [5.41, 5.74) is 2.88. The number of benzene rings is 1. The molecule has 5 nitrogen and oxygen atoms in total. The van der Waals surface area contributed by atoms with Crippen molar-refractivity contribution in [1.29, 1.82) is 0 Å². The smallest absolute Gasteiger partial charge is 0.317 e. The van der Waals surface area contributed by atoms with Crippen molar-refractivity contribution < 1.29 is 9.90 Å². The van der Waals surface area contributed by atoms with E-state index < -0.39 is 0 Å². The molecule has 2 atom stereocenters. The lowest BCUT2D eigenvalue weighted by Crippen LogP contribution is -2.51. The van der Waals surface area contributed by atoms with Crippen LogP contribution in [-0.4, -0.2) is 59.8 Å². The van der Waals surface area contributed by atoms with Crippen LogP contribution in [0.4, 0.5) is 4.79 Å². The standard InChI is InChI=1S/C20H31N3O2/c1-2-19(22-11-9-17-7-3-4-8-18(17)14-22)12-21-20(25)23-10-5-6-16(13-23)15-24/h3-4,7-8,16,19,24H,2,5-6,9-15H2,1H3,(H,21,25). The molecule has 138 valence electrons. The molecule has 0 spiro atoms. The Kier molecular flexibility index (Phi) is 6.32. The molecule has 3 rings (SSSR count). The van der Waals surface area contributed by atoms with Gasteiger partial charge in [-0.15, -0.1) is 0 Å². The Balaban J connectivity index is 1.52. The minimum absolute atomic E-state index is 0.0222.